The number of rotatable bonds is 10. The first kappa shape index (κ1) is 25.8. The van der Waals surface area contributed by atoms with Gasteiger partial charge in [-0.2, -0.15) is 0 Å². The van der Waals surface area contributed by atoms with E-state index in [1.807, 2.05) is 44.2 Å². The second kappa shape index (κ2) is 12.6. The van der Waals surface area contributed by atoms with Gasteiger partial charge in [-0.25, -0.2) is 4.79 Å². The van der Waals surface area contributed by atoms with Gasteiger partial charge in [0.05, 0.1) is 6.26 Å². The van der Waals surface area contributed by atoms with Crippen molar-refractivity contribution in [3.63, 3.8) is 0 Å². The lowest BCUT2D eigenvalue weighted by Gasteiger charge is -2.20. The van der Waals surface area contributed by atoms with Crippen molar-refractivity contribution >= 4 is 35.5 Å². The lowest BCUT2D eigenvalue weighted by atomic mass is 10.0. The monoisotopic (exact) mass is 494 g/mol. The molecule has 182 valence electrons. The molecule has 0 saturated carbocycles. The largest absolute Gasteiger partial charge is 0.459 e. The van der Waals surface area contributed by atoms with Gasteiger partial charge in [-0.15, -0.1) is 0 Å². The van der Waals surface area contributed by atoms with E-state index < -0.39 is 23.8 Å². The summed E-state index contributed by atoms with van der Waals surface area (Å²) >= 11 is 5.96. The highest BCUT2D eigenvalue weighted by atomic mass is 35.5. The van der Waals surface area contributed by atoms with Gasteiger partial charge in [0.1, 0.15) is 18.3 Å². The highest BCUT2D eigenvalue weighted by Crippen LogP contribution is 2.14. The molecule has 0 aliphatic carbocycles. The van der Waals surface area contributed by atoms with E-state index >= 15 is 0 Å². The van der Waals surface area contributed by atoms with E-state index in [0.29, 0.717) is 17.0 Å². The molecule has 1 atom stereocenters. The van der Waals surface area contributed by atoms with Gasteiger partial charge in [0.25, 0.3) is 11.8 Å². The van der Waals surface area contributed by atoms with Crippen LogP contribution in [0.1, 0.15) is 41.9 Å². The minimum Gasteiger partial charge on any atom is -0.459 e. The zero-order valence-corrected chi connectivity index (χ0v) is 20.2. The number of hydrogen-bond acceptors (Lipinski definition) is 5. The molecule has 0 saturated heterocycles. The summed E-state index contributed by atoms with van der Waals surface area (Å²) in [6.07, 6.45) is 3.22. The van der Waals surface area contributed by atoms with Gasteiger partial charge < -0.3 is 19.8 Å². The Kier molecular flexibility index (Phi) is 9.26. The molecule has 2 aromatic carbocycles. The Morgan fingerprint density at radius 2 is 1.71 bits per heavy atom. The van der Waals surface area contributed by atoms with Crippen LogP contribution in [0.15, 0.2) is 83.1 Å². The zero-order chi connectivity index (χ0) is 25.2. The Morgan fingerprint density at radius 1 is 1.00 bits per heavy atom. The molecular formula is C27H27ClN2O5. The van der Waals surface area contributed by atoms with E-state index in [-0.39, 0.29) is 24.0 Å². The van der Waals surface area contributed by atoms with Crippen LogP contribution in [0, 0.1) is 5.92 Å². The quantitative estimate of drug-likeness (QED) is 0.306. The minimum atomic E-state index is -0.902. The first-order valence-electron chi connectivity index (χ1n) is 11.2. The molecule has 0 radical (unpaired) electrons. The van der Waals surface area contributed by atoms with Gasteiger partial charge in [-0.05, 0) is 53.8 Å². The van der Waals surface area contributed by atoms with E-state index in [0.717, 1.165) is 5.56 Å². The third kappa shape index (κ3) is 8.15. The zero-order valence-electron chi connectivity index (χ0n) is 19.5. The summed E-state index contributed by atoms with van der Waals surface area (Å²) in [6.45, 7) is 3.96. The molecule has 3 aromatic rings. The maximum absolute atomic E-state index is 13.2. The van der Waals surface area contributed by atoms with Crippen LogP contribution < -0.4 is 10.6 Å². The molecule has 3 rings (SSSR count). The first-order chi connectivity index (χ1) is 16.8. The standard InChI is InChI=1S/C27H27ClN2O5/c1-18(2)15-23(27(33)35-17-20-7-4-3-5-8-20)30-25(31)22(16-19-10-12-21(28)13-11-19)29-26(32)24-9-6-14-34-24/h3-14,16,18,23H,15,17H2,1-2H3,(H,29,32)(H,30,31)/b22-16-/t23-/m0/s1. The normalized spacial score (nSPS) is 12.2. The number of furan rings is 1. The van der Waals surface area contributed by atoms with E-state index in [2.05, 4.69) is 10.6 Å². The summed E-state index contributed by atoms with van der Waals surface area (Å²) in [6, 6.07) is 18.2. The van der Waals surface area contributed by atoms with E-state index in [9.17, 15) is 14.4 Å². The minimum absolute atomic E-state index is 0.0424. The molecule has 1 aromatic heterocycles. The Hall–Kier alpha value is -3.84. The van der Waals surface area contributed by atoms with Crippen molar-refractivity contribution in [2.75, 3.05) is 0 Å². The second-order valence-electron chi connectivity index (χ2n) is 8.29. The number of hydrogen-bond donors (Lipinski definition) is 2. The maximum Gasteiger partial charge on any atom is 0.328 e. The summed E-state index contributed by atoms with van der Waals surface area (Å²) in [5, 5.41) is 5.82. The molecule has 2 N–H and O–H groups in total. The number of nitrogens with one attached hydrogen (secondary N) is 2. The van der Waals surface area contributed by atoms with Gasteiger partial charge in [-0.3, -0.25) is 9.59 Å². The maximum atomic E-state index is 13.2. The molecule has 7 nitrogen and oxygen atoms in total. The molecule has 2 amide bonds. The Bertz CT molecular complexity index is 1160. The summed E-state index contributed by atoms with van der Waals surface area (Å²) in [4.78, 5) is 38.7. The van der Waals surface area contributed by atoms with Crippen molar-refractivity contribution < 1.29 is 23.5 Å². The van der Waals surface area contributed by atoms with Crippen LogP contribution in [0.25, 0.3) is 6.08 Å². The summed E-state index contributed by atoms with van der Waals surface area (Å²) in [5.41, 5.74) is 1.41. The van der Waals surface area contributed by atoms with Crippen LogP contribution in [0.3, 0.4) is 0 Å². The number of ether oxygens (including phenoxy) is 1. The van der Waals surface area contributed by atoms with E-state index in [1.54, 1.807) is 30.3 Å². The molecule has 35 heavy (non-hydrogen) atoms. The molecule has 1 heterocycles. The Labute approximate surface area is 209 Å². The summed E-state index contributed by atoms with van der Waals surface area (Å²) in [5.74, 6) is -1.65. The molecular weight excluding hydrogens is 468 g/mol. The van der Waals surface area contributed by atoms with Gasteiger partial charge in [0.15, 0.2) is 5.76 Å². The van der Waals surface area contributed by atoms with Crippen molar-refractivity contribution in [3.8, 4) is 0 Å². The average molecular weight is 495 g/mol. The third-order valence-corrected chi connectivity index (χ3v) is 5.19. The third-order valence-electron chi connectivity index (χ3n) is 4.94. The van der Waals surface area contributed by atoms with E-state index in [4.69, 9.17) is 20.8 Å². The van der Waals surface area contributed by atoms with Gasteiger partial charge in [0.2, 0.25) is 0 Å². The van der Waals surface area contributed by atoms with Crippen LogP contribution >= 0.6 is 11.6 Å². The highest BCUT2D eigenvalue weighted by Gasteiger charge is 2.26. The lowest BCUT2D eigenvalue weighted by Crippen LogP contribution is -2.45. The molecule has 0 bridgehead atoms. The van der Waals surface area contributed by atoms with E-state index in [1.165, 1.54) is 18.4 Å². The summed E-state index contributed by atoms with van der Waals surface area (Å²) < 4.78 is 10.6. The van der Waals surface area contributed by atoms with Crippen LogP contribution in [0.4, 0.5) is 0 Å². The van der Waals surface area contributed by atoms with Crippen LogP contribution in [-0.2, 0) is 20.9 Å². The fourth-order valence-electron chi connectivity index (χ4n) is 3.23. The molecule has 8 heteroatoms. The van der Waals surface area contributed by atoms with Crippen molar-refractivity contribution in [1.82, 2.24) is 10.6 Å². The molecule has 0 fully saturated rings. The van der Waals surface area contributed by atoms with Crippen molar-refractivity contribution in [2.45, 2.75) is 32.9 Å². The summed E-state index contributed by atoms with van der Waals surface area (Å²) in [7, 11) is 0. The fraction of sp³-hybridized carbons (Fsp3) is 0.222. The van der Waals surface area contributed by atoms with Gasteiger partial charge in [0, 0.05) is 5.02 Å². The van der Waals surface area contributed by atoms with Gasteiger partial charge >= 0.3 is 5.97 Å². The molecule has 0 aliphatic heterocycles. The van der Waals surface area contributed by atoms with Crippen LogP contribution in [0.5, 0.6) is 0 Å². The second-order valence-corrected chi connectivity index (χ2v) is 8.73. The highest BCUT2D eigenvalue weighted by molar-refractivity contribution is 6.30. The van der Waals surface area contributed by atoms with Crippen molar-refractivity contribution in [3.05, 3.63) is 101 Å². The first-order valence-corrected chi connectivity index (χ1v) is 11.5. The Morgan fingerprint density at radius 3 is 2.34 bits per heavy atom. The number of amides is 2. The van der Waals surface area contributed by atoms with Crippen LogP contribution in [0.2, 0.25) is 5.02 Å². The number of benzene rings is 2. The number of esters is 1. The topological polar surface area (TPSA) is 97.6 Å². The predicted octanol–water partition coefficient (Wildman–Crippen LogP) is 4.98. The fourth-order valence-corrected chi connectivity index (χ4v) is 3.35. The Balaban J connectivity index is 1.79. The van der Waals surface area contributed by atoms with Crippen LogP contribution in [-0.4, -0.2) is 23.8 Å². The predicted molar refractivity (Wildman–Crippen MR) is 133 cm³/mol. The lowest BCUT2D eigenvalue weighted by molar-refractivity contribution is -0.149. The smallest absolute Gasteiger partial charge is 0.328 e. The molecule has 0 unspecified atom stereocenters. The average Bonchev–Trinajstić information content (AvgIpc) is 3.38. The molecule has 0 spiro atoms. The number of carbonyl (C=O) groups is 3. The van der Waals surface area contributed by atoms with Gasteiger partial charge in [-0.1, -0.05) is 67.9 Å². The SMILES string of the molecule is CC(C)C[C@H](NC(=O)/C(=C/c1ccc(Cl)cc1)NC(=O)c1ccco1)C(=O)OCc1ccccc1. The number of halogens is 1. The molecule has 0 aliphatic rings. The van der Waals surface area contributed by atoms with Crippen molar-refractivity contribution in [1.29, 1.82) is 0 Å². The van der Waals surface area contributed by atoms with Crippen molar-refractivity contribution in [2.24, 2.45) is 5.92 Å². The number of carbonyl (C=O) groups excluding carboxylic acids is 3.